The lowest BCUT2D eigenvalue weighted by Gasteiger charge is -2.12. The van der Waals surface area contributed by atoms with E-state index in [1.54, 1.807) is 18.3 Å². The fraction of sp³-hybridized carbons (Fsp3) is 0.292. The van der Waals surface area contributed by atoms with Crippen molar-refractivity contribution in [2.24, 2.45) is 0 Å². The predicted molar refractivity (Wildman–Crippen MR) is 127 cm³/mol. The third-order valence-corrected chi connectivity index (χ3v) is 4.90. The Kier molecular flexibility index (Phi) is 8.98. The second kappa shape index (κ2) is 12.1. The molecule has 0 spiro atoms. The van der Waals surface area contributed by atoms with E-state index in [2.05, 4.69) is 26.3 Å². The highest BCUT2D eigenvalue weighted by Crippen LogP contribution is 2.32. The molecular formula is C24H27ClN4O3. The van der Waals surface area contributed by atoms with Crippen LogP contribution >= 0.6 is 11.6 Å². The van der Waals surface area contributed by atoms with E-state index in [0.29, 0.717) is 35.6 Å². The zero-order chi connectivity index (χ0) is 22.8. The fourth-order valence-electron chi connectivity index (χ4n) is 2.86. The number of hydrogen-bond acceptors (Lipinski definition) is 7. The minimum Gasteiger partial charge on any atom is -0.454 e. The summed E-state index contributed by atoms with van der Waals surface area (Å²) in [4.78, 5) is 12.9. The lowest BCUT2D eigenvalue weighted by atomic mass is 10.2. The number of ether oxygens (including phenoxy) is 2. The number of rotatable bonds is 11. The summed E-state index contributed by atoms with van der Waals surface area (Å²) < 4.78 is 11.1. The monoisotopic (exact) mass is 454 g/mol. The van der Waals surface area contributed by atoms with Crippen LogP contribution in [0.5, 0.6) is 11.5 Å². The van der Waals surface area contributed by atoms with Gasteiger partial charge in [0.1, 0.15) is 23.6 Å². The molecule has 0 fully saturated rings. The lowest BCUT2D eigenvalue weighted by Crippen LogP contribution is -2.00. The summed E-state index contributed by atoms with van der Waals surface area (Å²) in [6.07, 6.45) is 8.99. The van der Waals surface area contributed by atoms with Gasteiger partial charge in [-0.3, -0.25) is 4.98 Å². The van der Waals surface area contributed by atoms with Gasteiger partial charge in [-0.15, -0.1) is 0 Å². The van der Waals surface area contributed by atoms with Crippen LogP contribution in [0.15, 0.2) is 48.9 Å². The molecule has 2 N–H and O–H groups in total. The summed E-state index contributed by atoms with van der Waals surface area (Å²) in [5.74, 6) is 1.88. The molecule has 7 nitrogen and oxygen atoms in total. The van der Waals surface area contributed by atoms with Crippen LogP contribution in [-0.2, 0) is 4.74 Å². The molecule has 1 aromatic carbocycles. The van der Waals surface area contributed by atoms with Gasteiger partial charge in [-0.05, 0) is 63.1 Å². The maximum atomic E-state index is 8.70. The molecule has 8 heteroatoms. The molecule has 2 aromatic heterocycles. The van der Waals surface area contributed by atoms with Crippen LogP contribution in [0.3, 0.4) is 0 Å². The van der Waals surface area contributed by atoms with Crippen LogP contribution < -0.4 is 10.1 Å². The van der Waals surface area contributed by atoms with Crippen LogP contribution in [0.2, 0.25) is 5.02 Å². The van der Waals surface area contributed by atoms with Gasteiger partial charge in [0, 0.05) is 23.6 Å². The number of aryl methyl sites for hydroxylation is 1. The minimum absolute atomic E-state index is 0.0525. The maximum Gasteiger partial charge on any atom is 0.146 e. The van der Waals surface area contributed by atoms with Crippen molar-refractivity contribution in [3.05, 3.63) is 70.9 Å². The van der Waals surface area contributed by atoms with Crippen molar-refractivity contribution in [1.82, 2.24) is 15.0 Å². The Hall–Kier alpha value is -3.00. The van der Waals surface area contributed by atoms with Gasteiger partial charge in [0.05, 0.1) is 30.1 Å². The van der Waals surface area contributed by atoms with E-state index in [1.165, 1.54) is 6.33 Å². The minimum atomic E-state index is 0.0525. The zero-order valence-corrected chi connectivity index (χ0v) is 19.0. The summed E-state index contributed by atoms with van der Waals surface area (Å²) in [5, 5.41) is 12.5. The second-order valence-corrected chi connectivity index (χ2v) is 7.53. The van der Waals surface area contributed by atoms with Gasteiger partial charge >= 0.3 is 0 Å². The number of anilines is 2. The van der Waals surface area contributed by atoms with E-state index < -0.39 is 0 Å². The molecule has 0 unspecified atom stereocenters. The van der Waals surface area contributed by atoms with Crippen molar-refractivity contribution in [2.75, 3.05) is 25.1 Å². The lowest BCUT2D eigenvalue weighted by molar-refractivity contribution is 0.0912. The Balaban J connectivity index is 1.62. The number of hydrogen-bond donors (Lipinski definition) is 2. The average Bonchev–Trinajstić information content (AvgIpc) is 2.79. The van der Waals surface area contributed by atoms with Crippen LogP contribution in [-0.4, -0.2) is 39.9 Å². The Morgan fingerprint density at radius 2 is 1.97 bits per heavy atom. The Bertz CT molecular complexity index is 1040. The van der Waals surface area contributed by atoms with Crippen LogP contribution in [0, 0.1) is 13.8 Å². The third kappa shape index (κ3) is 7.02. The predicted octanol–water partition coefficient (Wildman–Crippen LogP) is 5.48. The highest BCUT2D eigenvalue weighted by Gasteiger charge is 2.09. The topological polar surface area (TPSA) is 89.4 Å². The number of benzene rings is 1. The summed E-state index contributed by atoms with van der Waals surface area (Å²) in [5.41, 5.74) is 3.49. The van der Waals surface area contributed by atoms with E-state index in [9.17, 15) is 0 Å². The van der Waals surface area contributed by atoms with Gasteiger partial charge in [0.25, 0.3) is 0 Å². The van der Waals surface area contributed by atoms with Crippen molar-refractivity contribution in [1.29, 1.82) is 0 Å². The summed E-state index contributed by atoms with van der Waals surface area (Å²) in [6.45, 7) is 4.95. The molecule has 0 aliphatic rings. The Morgan fingerprint density at radius 1 is 1.09 bits per heavy atom. The average molecular weight is 455 g/mol. The number of unbranched alkanes of at least 4 members (excludes halogenated alkanes) is 1. The first-order valence-corrected chi connectivity index (χ1v) is 10.8. The summed E-state index contributed by atoms with van der Waals surface area (Å²) >= 11 is 6.42. The number of nitrogens with one attached hydrogen (secondary N) is 1. The van der Waals surface area contributed by atoms with Crippen molar-refractivity contribution in [2.45, 2.75) is 26.7 Å². The van der Waals surface area contributed by atoms with Gasteiger partial charge in [0.2, 0.25) is 0 Å². The number of aliphatic hydroxyl groups excluding tert-OH is 1. The molecule has 0 radical (unpaired) electrons. The fourth-order valence-corrected chi connectivity index (χ4v) is 3.08. The third-order valence-electron chi connectivity index (χ3n) is 4.60. The molecule has 0 saturated carbocycles. The highest BCUT2D eigenvalue weighted by atomic mass is 35.5. The molecule has 0 atom stereocenters. The standard InChI is InChI=1S/C24H27ClN4O3/c1-17-7-9-20(15-26-17)32-23-10-8-19(14-21(23)25)29-24-18(2)22(27-16-28-24)6-4-3-5-12-31-13-11-30/h4,6-10,14-16,30H,3,5,11-13H2,1-2H3,(H,27,28,29)/b6-4-. The van der Waals surface area contributed by atoms with E-state index in [0.717, 1.165) is 35.5 Å². The summed E-state index contributed by atoms with van der Waals surface area (Å²) in [7, 11) is 0. The van der Waals surface area contributed by atoms with Gasteiger partial charge in [-0.2, -0.15) is 0 Å². The van der Waals surface area contributed by atoms with E-state index in [4.69, 9.17) is 26.2 Å². The van der Waals surface area contributed by atoms with Gasteiger partial charge in [-0.1, -0.05) is 17.7 Å². The molecule has 0 bridgehead atoms. The van der Waals surface area contributed by atoms with Crippen molar-refractivity contribution in [3.63, 3.8) is 0 Å². The molecule has 3 aromatic rings. The van der Waals surface area contributed by atoms with Crippen LogP contribution in [0.4, 0.5) is 11.5 Å². The van der Waals surface area contributed by atoms with Crippen LogP contribution in [0.1, 0.15) is 29.8 Å². The van der Waals surface area contributed by atoms with E-state index >= 15 is 0 Å². The SMILES string of the molecule is Cc1ccc(Oc2ccc(Nc3ncnc(/C=C\CCCOCCO)c3C)cc2Cl)cn1. The molecule has 0 aliphatic heterocycles. The van der Waals surface area contributed by atoms with Crippen molar-refractivity contribution < 1.29 is 14.6 Å². The zero-order valence-electron chi connectivity index (χ0n) is 18.2. The van der Waals surface area contributed by atoms with Gasteiger partial charge in [-0.25, -0.2) is 9.97 Å². The van der Waals surface area contributed by atoms with Crippen molar-refractivity contribution >= 4 is 29.2 Å². The molecular weight excluding hydrogens is 428 g/mol. The first-order chi connectivity index (χ1) is 15.6. The van der Waals surface area contributed by atoms with Crippen molar-refractivity contribution in [3.8, 4) is 11.5 Å². The van der Waals surface area contributed by atoms with Crippen LogP contribution in [0.25, 0.3) is 6.08 Å². The molecule has 0 aliphatic carbocycles. The summed E-state index contributed by atoms with van der Waals surface area (Å²) in [6, 6.07) is 9.22. The molecule has 2 heterocycles. The van der Waals surface area contributed by atoms with E-state index in [1.807, 2.05) is 38.1 Å². The first kappa shape index (κ1) is 23.7. The highest BCUT2D eigenvalue weighted by molar-refractivity contribution is 6.32. The number of halogens is 1. The smallest absolute Gasteiger partial charge is 0.146 e. The Morgan fingerprint density at radius 3 is 2.72 bits per heavy atom. The number of allylic oxidation sites excluding steroid dienone is 1. The van der Waals surface area contributed by atoms with Gasteiger partial charge in [0.15, 0.2) is 0 Å². The largest absolute Gasteiger partial charge is 0.454 e. The molecule has 0 amide bonds. The Labute approximate surface area is 193 Å². The second-order valence-electron chi connectivity index (χ2n) is 7.12. The maximum absolute atomic E-state index is 8.70. The van der Waals surface area contributed by atoms with E-state index in [-0.39, 0.29) is 6.61 Å². The first-order valence-electron chi connectivity index (χ1n) is 10.4. The number of aliphatic hydroxyl groups is 1. The number of nitrogens with zero attached hydrogens (tertiary/aromatic N) is 3. The molecule has 32 heavy (non-hydrogen) atoms. The molecule has 3 rings (SSSR count). The quantitative estimate of drug-likeness (QED) is 0.371. The number of aromatic nitrogens is 3. The normalized spacial score (nSPS) is 11.1. The van der Waals surface area contributed by atoms with Gasteiger partial charge < -0.3 is 19.9 Å². The molecule has 168 valence electrons. The molecule has 0 saturated heterocycles. The number of pyridine rings is 1.